The Labute approximate surface area is 138 Å². The van der Waals surface area contributed by atoms with Crippen molar-refractivity contribution in [2.75, 3.05) is 7.05 Å². The summed E-state index contributed by atoms with van der Waals surface area (Å²) >= 11 is 5.89. The van der Waals surface area contributed by atoms with E-state index < -0.39 is 17.8 Å². The fourth-order valence-electron chi connectivity index (χ4n) is 2.18. The number of alkyl halides is 3. The fraction of sp³-hybridized carbons (Fsp3) is 0.214. The number of hydrogen-bond acceptors (Lipinski definition) is 3. The maximum absolute atomic E-state index is 12.5. The zero-order chi connectivity index (χ0) is 17.5. The van der Waals surface area contributed by atoms with Gasteiger partial charge in [0.25, 0.3) is 5.91 Å². The Kier molecular flexibility index (Phi) is 3.96. The second-order valence-corrected chi connectivity index (χ2v) is 5.61. The van der Waals surface area contributed by atoms with Gasteiger partial charge in [-0.1, -0.05) is 11.6 Å². The molecule has 0 radical (unpaired) electrons. The van der Waals surface area contributed by atoms with E-state index in [-0.39, 0.29) is 12.2 Å². The first-order chi connectivity index (χ1) is 11.2. The lowest BCUT2D eigenvalue weighted by molar-refractivity contribution is -0.141. The summed E-state index contributed by atoms with van der Waals surface area (Å²) in [6, 6.07) is 5.78. The molecule has 2 aromatic heterocycles. The molecule has 3 rings (SSSR count). The predicted octanol–water partition coefficient (Wildman–Crippen LogP) is 3.23. The summed E-state index contributed by atoms with van der Waals surface area (Å²) in [6.07, 6.45) is -4.58. The van der Waals surface area contributed by atoms with Gasteiger partial charge >= 0.3 is 6.18 Å². The van der Waals surface area contributed by atoms with Crippen molar-refractivity contribution in [1.29, 1.82) is 0 Å². The van der Waals surface area contributed by atoms with E-state index in [1.807, 2.05) is 5.10 Å². The molecule has 2 heterocycles. The Bertz CT molecular complexity index is 901. The molecule has 3 aromatic rings. The number of aromatic nitrogens is 4. The van der Waals surface area contributed by atoms with Crippen molar-refractivity contribution in [1.82, 2.24) is 25.1 Å². The normalized spacial score (nSPS) is 11.9. The Morgan fingerprint density at radius 3 is 2.75 bits per heavy atom. The van der Waals surface area contributed by atoms with Crippen LogP contribution in [0.15, 0.2) is 24.3 Å². The summed E-state index contributed by atoms with van der Waals surface area (Å²) in [6.45, 7) is 0.0827. The van der Waals surface area contributed by atoms with Crippen LogP contribution >= 0.6 is 11.6 Å². The van der Waals surface area contributed by atoms with Gasteiger partial charge in [0.05, 0.1) is 17.6 Å². The number of H-pyrrole nitrogens is 2. The molecular formula is C14H11ClF3N5O. The Morgan fingerprint density at radius 2 is 2.08 bits per heavy atom. The average molecular weight is 358 g/mol. The zero-order valence-corrected chi connectivity index (χ0v) is 13.0. The quantitative estimate of drug-likeness (QED) is 0.755. The van der Waals surface area contributed by atoms with Crippen molar-refractivity contribution in [3.63, 3.8) is 0 Å². The van der Waals surface area contributed by atoms with Crippen molar-refractivity contribution in [2.24, 2.45) is 0 Å². The first-order valence-electron chi connectivity index (χ1n) is 6.76. The molecule has 0 unspecified atom stereocenters. The summed E-state index contributed by atoms with van der Waals surface area (Å²) in [5.74, 6) is -0.171. The summed E-state index contributed by atoms with van der Waals surface area (Å²) < 4.78 is 37.6. The van der Waals surface area contributed by atoms with Gasteiger partial charge in [0.15, 0.2) is 5.69 Å². The van der Waals surface area contributed by atoms with Crippen molar-refractivity contribution >= 4 is 28.5 Å². The maximum atomic E-state index is 12.5. The van der Waals surface area contributed by atoms with Crippen molar-refractivity contribution < 1.29 is 18.0 Å². The Morgan fingerprint density at radius 1 is 1.33 bits per heavy atom. The number of benzene rings is 1. The number of amides is 1. The van der Waals surface area contributed by atoms with E-state index in [4.69, 9.17) is 11.6 Å². The molecule has 0 saturated heterocycles. The summed E-state index contributed by atoms with van der Waals surface area (Å²) in [7, 11) is 1.45. The van der Waals surface area contributed by atoms with Gasteiger partial charge in [0, 0.05) is 18.1 Å². The molecule has 0 fully saturated rings. The van der Waals surface area contributed by atoms with Crippen molar-refractivity contribution in [3.8, 4) is 0 Å². The smallest absolute Gasteiger partial charge is 0.340 e. The Hall–Kier alpha value is -2.55. The summed E-state index contributed by atoms with van der Waals surface area (Å²) in [4.78, 5) is 20.7. The molecule has 126 valence electrons. The van der Waals surface area contributed by atoms with Gasteiger partial charge in [0.2, 0.25) is 0 Å². The lowest BCUT2D eigenvalue weighted by atomic mass is 10.3. The van der Waals surface area contributed by atoms with Gasteiger partial charge in [-0.15, -0.1) is 0 Å². The van der Waals surface area contributed by atoms with E-state index >= 15 is 0 Å². The molecule has 0 saturated carbocycles. The van der Waals surface area contributed by atoms with E-state index in [2.05, 4.69) is 15.1 Å². The zero-order valence-electron chi connectivity index (χ0n) is 12.3. The fourth-order valence-corrected chi connectivity index (χ4v) is 2.35. The molecule has 6 nitrogen and oxygen atoms in total. The first-order valence-corrected chi connectivity index (χ1v) is 7.14. The number of aromatic amines is 2. The number of rotatable bonds is 3. The lowest BCUT2D eigenvalue weighted by Crippen LogP contribution is -2.27. The number of fused-ring (bicyclic) bond motifs is 1. The molecule has 10 heteroatoms. The van der Waals surface area contributed by atoms with Crippen LogP contribution < -0.4 is 0 Å². The molecule has 1 amide bonds. The number of halogens is 4. The highest BCUT2D eigenvalue weighted by atomic mass is 35.5. The number of carbonyl (C=O) groups is 1. The predicted molar refractivity (Wildman–Crippen MR) is 80.5 cm³/mol. The van der Waals surface area contributed by atoms with E-state index in [1.165, 1.54) is 11.9 Å². The van der Waals surface area contributed by atoms with Crippen LogP contribution in [0.4, 0.5) is 13.2 Å². The third kappa shape index (κ3) is 3.21. The van der Waals surface area contributed by atoms with Crippen LogP contribution in [-0.2, 0) is 12.7 Å². The number of hydrogen-bond donors (Lipinski definition) is 2. The second kappa shape index (κ2) is 5.82. The van der Waals surface area contributed by atoms with Crippen LogP contribution in [0.5, 0.6) is 0 Å². The summed E-state index contributed by atoms with van der Waals surface area (Å²) in [5, 5.41) is 5.77. The topological polar surface area (TPSA) is 77.7 Å². The molecule has 0 spiro atoms. The van der Waals surface area contributed by atoms with Gasteiger partial charge in [0.1, 0.15) is 11.5 Å². The van der Waals surface area contributed by atoms with Gasteiger partial charge in [-0.05, 0) is 18.2 Å². The van der Waals surface area contributed by atoms with Crippen molar-refractivity contribution in [3.05, 3.63) is 46.5 Å². The van der Waals surface area contributed by atoms with Crippen LogP contribution in [0.2, 0.25) is 5.02 Å². The van der Waals surface area contributed by atoms with Crippen LogP contribution in [-0.4, -0.2) is 38.0 Å². The third-order valence-corrected chi connectivity index (χ3v) is 3.56. The molecule has 0 bridgehead atoms. The molecule has 0 atom stereocenters. The monoisotopic (exact) mass is 357 g/mol. The largest absolute Gasteiger partial charge is 0.432 e. The van der Waals surface area contributed by atoms with E-state index in [9.17, 15) is 18.0 Å². The second-order valence-electron chi connectivity index (χ2n) is 5.17. The van der Waals surface area contributed by atoms with Crippen LogP contribution in [0.3, 0.4) is 0 Å². The molecule has 0 aliphatic heterocycles. The standard InChI is InChI=1S/C14H11ClF3N5O/c1-23(13(24)10-5-11(22-21-10)14(16,17)18)6-12-19-8-3-2-7(15)4-9(8)20-12/h2-5H,6H2,1H3,(H,19,20)(H,21,22). The summed E-state index contributed by atoms with van der Waals surface area (Å²) in [5.41, 5.74) is -0.00605. The molecule has 2 N–H and O–H groups in total. The van der Waals surface area contributed by atoms with E-state index in [0.717, 1.165) is 0 Å². The van der Waals surface area contributed by atoms with Crippen LogP contribution in [0, 0.1) is 0 Å². The lowest BCUT2D eigenvalue weighted by Gasteiger charge is -2.13. The average Bonchev–Trinajstić information content (AvgIpc) is 3.11. The molecule has 0 aliphatic carbocycles. The minimum Gasteiger partial charge on any atom is -0.340 e. The van der Waals surface area contributed by atoms with Gasteiger partial charge in [-0.2, -0.15) is 18.3 Å². The highest BCUT2D eigenvalue weighted by Crippen LogP contribution is 2.28. The van der Waals surface area contributed by atoms with Gasteiger partial charge < -0.3 is 9.88 Å². The number of carbonyl (C=O) groups excluding carboxylic acids is 1. The van der Waals surface area contributed by atoms with Crippen LogP contribution in [0.25, 0.3) is 11.0 Å². The highest BCUT2D eigenvalue weighted by molar-refractivity contribution is 6.31. The number of imidazole rings is 1. The third-order valence-electron chi connectivity index (χ3n) is 3.33. The van der Waals surface area contributed by atoms with Gasteiger partial charge in [-0.3, -0.25) is 9.89 Å². The molecular weight excluding hydrogens is 347 g/mol. The minimum atomic E-state index is -4.58. The SMILES string of the molecule is CN(Cc1nc2ccc(Cl)cc2[nH]1)C(=O)c1cc(C(F)(F)F)[nH]n1. The Balaban J connectivity index is 1.76. The van der Waals surface area contributed by atoms with E-state index in [0.29, 0.717) is 27.9 Å². The van der Waals surface area contributed by atoms with Crippen LogP contribution in [0.1, 0.15) is 22.0 Å². The molecule has 24 heavy (non-hydrogen) atoms. The highest BCUT2D eigenvalue weighted by Gasteiger charge is 2.34. The molecule has 0 aliphatic rings. The van der Waals surface area contributed by atoms with E-state index in [1.54, 1.807) is 18.2 Å². The number of nitrogens with zero attached hydrogens (tertiary/aromatic N) is 3. The maximum Gasteiger partial charge on any atom is 0.432 e. The first kappa shape index (κ1) is 16.3. The van der Waals surface area contributed by atoms with Crippen molar-refractivity contribution in [2.45, 2.75) is 12.7 Å². The number of nitrogens with one attached hydrogen (secondary N) is 2. The minimum absolute atomic E-state index is 0.0827. The van der Waals surface area contributed by atoms with Gasteiger partial charge in [-0.25, -0.2) is 4.98 Å². The molecule has 1 aromatic carbocycles.